The quantitative estimate of drug-likeness (QED) is 0.267. The van der Waals surface area contributed by atoms with Crippen LogP contribution in [-0.2, 0) is 11.3 Å². The Kier molecular flexibility index (Phi) is 8.83. The number of nitrogens with one attached hydrogen (secondary N) is 1. The first-order chi connectivity index (χ1) is 17.8. The smallest absolute Gasteiger partial charge is 0.349 e. The highest BCUT2D eigenvalue weighted by Crippen LogP contribution is 2.46. The van der Waals surface area contributed by atoms with Crippen LogP contribution >= 0.6 is 27.3 Å². The van der Waals surface area contributed by atoms with E-state index in [-0.39, 0.29) is 22.7 Å². The molecule has 37 heavy (non-hydrogen) atoms. The number of rotatable bonds is 9. The maximum Gasteiger partial charge on any atom is 0.349 e. The Morgan fingerprint density at radius 3 is 2.43 bits per heavy atom. The minimum Gasteiger partial charge on any atom is -0.479 e. The molecule has 0 unspecified atom stereocenters. The molecule has 194 valence electrons. The predicted molar refractivity (Wildman–Crippen MR) is 146 cm³/mol. The molecule has 8 nitrogen and oxygen atoms in total. The number of anilines is 1. The van der Waals surface area contributed by atoms with E-state index in [0.717, 1.165) is 49.0 Å². The third-order valence-electron chi connectivity index (χ3n) is 6.18. The number of hydrogen-bond donors (Lipinski definition) is 3. The lowest BCUT2D eigenvalue weighted by Gasteiger charge is -2.34. The summed E-state index contributed by atoms with van der Waals surface area (Å²) in [6, 6.07) is 17.0. The van der Waals surface area contributed by atoms with Crippen molar-refractivity contribution in [2.75, 3.05) is 11.5 Å². The number of urea groups is 1. The maximum absolute atomic E-state index is 13.5. The first-order valence-corrected chi connectivity index (χ1v) is 13.6. The lowest BCUT2D eigenvalue weighted by Crippen LogP contribution is -2.47. The van der Waals surface area contributed by atoms with Crippen LogP contribution in [0.15, 0.2) is 59.1 Å². The fourth-order valence-corrected chi connectivity index (χ4v) is 6.36. The molecule has 0 radical (unpaired) electrons. The molecule has 0 saturated heterocycles. The maximum atomic E-state index is 13.5. The molecule has 10 heteroatoms. The van der Waals surface area contributed by atoms with Crippen LogP contribution in [0.2, 0.25) is 0 Å². The van der Waals surface area contributed by atoms with Crippen molar-refractivity contribution in [3.05, 3.63) is 69.5 Å². The molecular weight excluding hydrogens is 560 g/mol. The molecule has 0 atom stereocenters. The summed E-state index contributed by atoms with van der Waals surface area (Å²) in [6.45, 7) is -0.253. The number of nitrogens with zero attached hydrogens (tertiary/aromatic N) is 1. The van der Waals surface area contributed by atoms with Crippen LogP contribution < -0.4 is 15.0 Å². The van der Waals surface area contributed by atoms with Gasteiger partial charge >= 0.3 is 18.0 Å². The van der Waals surface area contributed by atoms with Crippen molar-refractivity contribution >= 4 is 50.9 Å². The molecular formula is C27H27BrN2O6S. The Hall–Kier alpha value is -3.37. The number of halogens is 1. The van der Waals surface area contributed by atoms with Crippen molar-refractivity contribution in [1.82, 2.24) is 5.32 Å². The molecule has 3 aromatic rings. The molecule has 3 N–H and O–H groups in total. The number of aromatic carboxylic acids is 1. The van der Waals surface area contributed by atoms with Gasteiger partial charge in [0.05, 0.1) is 9.35 Å². The van der Waals surface area contributed by atoms with Crippen LogP contribution in [-0.4, -0.2) is 40.8 Å². The molecule has 4 rings (SSSR count). The summed E-state index contributed by atoms with van der Waals surface area (Å²) < 4.78 is 5.65. The summed E-state index contributed by atoms with van der Waals surface area (Å²) in [7, 11) is 0. The molecule has 0 bridgehead atoms. The summed E-state index contributed by atoms with van der Waals surface area (Å²) in [5, 5.41) is 21.7. The van der Waals surface area contributed by atoms with E-state index in [1.54, 1.807) is 0 Å². The highest BCUT2D eigenvalue weighted by atomic mass is 79.9. The van der Waals surface area contributed by atoms with Gasteiger partial charge in [-0.25, -0.2) is 14.4 Å². The van der Waals surface area contributed by atoms with Gasteiger partial charge in [0.25, 0.3) is 0 Å². The molecule has 1 fully saturated rings. The summed E-state index contributed by atoms with van der Waals surface area (Å²) >= 11 is 4.40. The van der Waals surface area contributed by atoms with E-state index < -0.39 is 18.5 Å². The average molecular weight is 587 g/mol. The largest absolute Gasteiger partial charge is 0.479 e. The van der Waals surface area contributed by atoms with Crippen molar-refractivity contribution in [2.45, 2.75) is 44.7 Å². The second kappa shape index (κ2) is 12.2. The Bertz CT molecular complexity index is 1270. The van der Waals surface area contributed by atoms with E-state index in [0.29, 0.717) is 27.1 Å². The molecule has 0 aliphatic heterocycles. The zero-order chi connectivity index (χ0) is 26.4. The normalized spacial score (nSPS) is 13.6. The van der Waals surface area contributed by atoms with Gasteiger partial charge in [0.2, 0.25) is 0 Å². The van der Waals surface area contributed by atoms with Gasteiger partial charge in [-0.05, 0) is 52.0 Å². The topological polar surface area (TPSA) is 116 Å². The van der Waals surface area contributed by atoms with Crippen molar-refractivity contribution in [1.29, 1.82) is 0 Å². The van der Waals surface area contributed by atoms with E-state index in [9.17, 15) is 19.5 Å². The van der Waals surface area contributed by atoms with E-state index in [1.165, 1.54) is 0 Å². The lowest BCUT2D eigenvalue weighted by atomic mass is 9.94. The van der Waals surface area contributed by atoms with Crippen molar-refractivity contribution in [3.63, 3.8) is 0 Å². The van der Waals surface area contributed by atoms with Crippen molar-refractivity contribution in [3.8, 4) is 16.2 Å². The second-order valence-corrected chi connectivity index (χ2v) is 10.6. The number of carbonyl (C=O) groups is 3. The zero-order valence-electron chi connectivity index (χ0n) is 20.0. The van der Waals surface area contributed by atoms with Gasteiger partial charge in [0.15, 0.2) is 17.2 Å². The molecule has 1 aliphatic carbocycles. The average Bonchev–Trinajstić information content (AvgIpc) is 3.24. The van der Waals surface area contributed by atoms with Gasteiger partial charge in [0, 0.05) is 18.3 Å². The minimum absolute atomic E-state index is 0.0231. The Balaban J connectivity index is 1.66. The third kappa shape index (κ3) is 6.50. The van der Waals surface area contributed by atoms with Gasteiger partial charge in [-0.1, -0.05) is 61.7 Å². The van der Waals surface area contributed by atoms with E-state index in [2.05, 4.69) is 21.2 Å². The SMILES string of the molecule is O=C(O)COc1c(C(=O)O)sc(-c2cccc(N(C(=O)NCc3ccccc3)C3CCCCC3)c2)c1Br. The molecule has 1 aromatic heterocycles. The molecule has 1 saturated carbocycles. The number of carboxylic acid groups (broad SMARTS) is 2. The zero-order valence-corrected chi connectivity index (χ0v) is 22.4. The molecule has 2 aromatic carbocycles. The van der Waals surface area contributed by atoms with Crippen LogP contribution in [0.1, 0.15) is 47.3 Å². The number of thiophene rings is 1. The second-order valence-electron chi connectivity index (χ2n) is 8.75. The number of carbonyl (C=O) groups excluding carboxylic acids is 1. The van der Waals surface area contributed by atoms with E-state index in [1.807, 2.05) is 59.5 Å². The summed E-state index contributed by atoms with van der Waals surface area (Å²) in [5.74, 6) is -2.44. The van der Waals surface area contributed by atoms with Crippen molar-refractivity contribution < 1.29 is 29.3 Å². The molecule has 2 amide bonds. The highest BCUT2D eigenvalue weighted by molar-refractivity contribution is 9.10. The van der Waals surface area contributed by atoms with Crippen molar-refractivity contribution in [2.24, 2.45) is 0 Å². The minimum atomic E-state index is -1.21. The Labute approximate surface area is 227 Å². The third-order valence-corrected chi connectivity index (χ3v) is 8.40. The number of benzene rings is 2. The fourth-order valence-electron chi connectivity index (χ4n) is 4.47. The summed E-state index contributed by atoms with van der Waals surface area (Å²) in [4.78, 5) is 38.6. The summed E-state index contributed by atoms with van der Waals surface area (Å²) in [5.41, 5.74) is 2.41. The number of ether oxygens (including phenoxy) is 1. The van der Waals surface area contributed by atoms with Crippen LogP contribution in [0.3, 0.4) is 0 Å². The van der Waals surface area contributed by atoms with Gasteiger partial charge in [-0.3, -0.25) is 4.90 Å². The Morgan fingerprint density at radius 2 is 1.76 bits per heavy atom. The lowest BCUT2D eigenvalue weighted by molar-refractivity contribution is -0.139. The van der Waals surface area contributed by atoms with E-state index >= 15 is 0 Å². The van der Waals surface area contributed by atoms with Crippen LogP contribution in [0.5, 0.6) is 5.75 Å². The fraction of sp³-hybridized carbons (Fsp3) is 0.296. The van der Waals surface area contributed by atoms with Crippen LogP contribution in [0.25, 0.3) is 10.4 Å². The Morgan fingerprint density at radius 1 is 1.03 bits per heavy atom. The predicted octanol–water partition coefficient (Wildman–Crippen LogP) is 6.39. The van der Waals surface area contributed by atoms with Crippen LogP contribution in [0.4, 0.5) is 10.5 Å². The first-order valence-electron chi connectivity index (χ1n) is 12.0. The molecule has 1 aliphatic rings. The van der Waals surface area contributed by atoms with Crippen LogP contribution in [0, 0.1) is 0 Å². The standard InChI is InChI=1S/C27H27BrN2O6S/c28-22-23(36-16-21(31)32)25(26(33)34)37-24(22)18-10-7-13-20(14-18)30(19-11-5-2-6-12-19)27(35)29-15-17-8-3-1-4-9-17/h1,3-4,7-10,13-14,19H,2,5-6,11-12,15-16H2,(H,29,35)(H,31,32)(H,33,34). The number of carboxylic acids is 2. The van der Waals surface area contributed by atoms with Gasteiger partial charge in [-0.2, -0.15) is 0 Å². The first kappa shape index (κ1) is 26.7. The molecule has 0 spiro atoms. The monoisotopic (exact) mass is 586 g/mol. The highest BCUT2D eigenvalue weighted by Gasteiger charge is 2.28. The number of amides is 2. The van der Waals surface area contributed by atoms with Gasteiger partial charge < -0.3 is 20.3 Å². The van der Waals surface area contributed by atoms with Gasteiger partial charge in [0.1, 0.15) is 0 Å². The number of hydrogen-bond acceptors (Lipinski definition) is 5. The number of aliphatic carboxylic acids is 1. The molecule has 1 heterocycles. The van der Waals surface area contributed by atoms with E-state index in [4.69, 9.17) is 9.84 Å². The summed E-state index contributed by atoms with van der Waals surface area (Å²) in [6.07, 6.45) is 5.06. The van der Waals surface area contributed by atoms with Gasteiger partial charge in [-0.15, -0.1) is 11.3 Å².